The van der Waals surface area contributed by atoms with E-state index in [2.05, 4.69) is 15.3 Å². The molecule has 1 aliphatic carbocycles. The average molecular weight is 429 g/mol. The second kappa shape index (κ2) is 9.83. The van der Waals surface area contributed by atoms with Gasteiger partial charge in [-0.3, -0.25) is 0 Å². The number of anilines is 1. The molecule has 0 unspecified atom stereocenters. The van der Waals surface area contributed by atoms with Crippen molar-refractivity contribution in [2.45, 2.75) is 43.1 Å². The van der Waals surface area contributed by atoms with Crippen LogP contribution in [0.3, 0.4) is 0 Å². The molecule has 0 spiro atoms. The number of halogens is 3. The maximum absolute atomic E-state index is 13.8. The number of nitrogens with one attached hydrogen (secondary N) is 1. The first kappa shape index (κ1) is 22.8. The molecular formula is C20H27Cl2FN4O. The Hall–Kier alpha value is -1.47. The van der Waals surface area contributed by atoms with Crippen LogP contribution in [0.2, 0.25) is 0 Å². The molecule has 28 heavy (non-hydrogen) atoms. The number of aromatic nitrogens is 2. The molecule has 0 bridgehead atoms. The summed E-state index contributed by atoms with van der Waals surface area (Å²) in [6, 6.07) is 9.25. The Kier molecular flexibility index (Phi) is 8.01. The van der Waals surface area contributed by atoms with Crippen LogP contribution in [0.5, 0.6) is 0 Å². The number of hydrogen-bond acceptors (Lipinski definition) is 5. The summed E-state index contributed by atoms with van der Waals surface area (Å²) in [7, 11) is 0. The molecular weight excluding hydrogens is 402 g/mol. The molecule has 154 valence electrons. The lowest BCUT2D eigenvalue weighted by Crippen LogP contribution is -2.40. The highest BCUT2D eigenvalue weighted by Crippen LogP contribution is 2.37. The maximum atomic E-state index is 13.8. The van der Waals surface area contributed by atoms with E-state index in [4.69, 9.17) is 10.5 Å². The van der Waals surface area contributed by atoms with Gasteiger partial charge in [0.05, 0.1) is 0 Å². The first-order chi connectivity index (χ1) is 12.6. The molecule has 4 rings (SSSR count). The predicted molar refractivity (Wildman–Crippen MR) is 113 cm³/mol. The summed E-state index contributed by atoms with van der Waals surface area (Å²) in [4.78, 5) is 8.77. The van der Waals surface area contributed by atoms with Gasteiger partial charge in [0.2, 0.25) is 0 Å². The van der Waals surface area contributed by atoms with Gasteiger partial charge in [-0.05, 0) is 43.4 Å². The second-order valence-corrected chi connectivity index (χ2v) is 7.51. The third-order valence-electron chi connectivity index (χ3n) is 5.78. The monoisotopic (exact) mass is 428 g/mol. The van der Waals surface area contributed by atoms with Crippen molar-refractivity contribution in [2.75, 3.05) is 25.1 Å². The summed E-state index contributed by atoms with van der Waals surface area (Å²) in [6.07, 6.45) is 5.31. The van der Waals surface area contributed by atoms with Crippen molar-refractivity contribution in [2.24, 2.45) is 5.73 Å². The lowest BCUT2D eigenvalue weighted by molar-refractivity contribution is 0.0542. The van der Waals surface area contributed by atoms with Crippen LogP contribution in [0, 0.1) is 5.82 Å². The van der Waals surface area contributed by atoms with E-state index in [0.29, 0.717) is 31.7 Å². The van der Waals surface area contributed by atoms with E-state index in [1.807, 2.05) is 12.1 Å². The smallest absolute Gasteiger partial charge is 0.129 e. The minimum atomic E-state index is -0.195. The Balaban J connectivity index is 0.00000140. The Labute approximate surface area is 177 Å². The Morgan fingerprint density at radius 3 is 2.57 bits per heavy atom. The highest BCUT2D eigenvalue weighted by molar-refractivity contribution is 5.85. The molecule has 1 aromatic carbocycles. The van der Waals surface area contributed by atoms with Gasteiger partial charge in [0.25, 0.3) is 0 Å². The molecule has 2 aliphatic rings. The molecule has 0 amide bonds. The Bertz CT molecular complexity index is 767. The minimum Gasteiger partial charge on any atom is -0.381 e. The van der Waals surface area contributed by atoms with Crippen molar-refractivity contribution in [1.29, 1.82) is 0 Å². The standard InChI is InChI=1S/C20H25FN4O.2ClH/c21-16-3-1-2-15(10-16)20(4-6-26-7-5-20)12-23-19-11-18(24-13-25-19)14-8-17(22)9-14;;/h1-3,10-11,13-14,17H,4-9,12,22H2,(H,23,24,25);2*1H. The summed E-state index contributed by atoms with van der Waals surface area (Å²) in [6.45, 7) is 2.07. The first-order valence-electron chi connectivity index (χ1n) is 9.30. The maximum Gasteiger partial charge on any atom is 0.129 e. The zero-order valence-corrected chi connectivity index (χ0v) is 17.3. The van der Waals surface area contributed by atoms with E-state index in [1.165, 1.54) is 6.07 Å². The minimum absolute atomic E-state index is 0. The van der Waals surface area contributed by atoms with Crippen molar-refractivity contribution < 1.29 is 9.13 Å². The molecule has 1 saturated heterocycles. The molecule has 1 aliphatic heterocycles. The van der Waals surface area contributed by atoms with Crippen LogP contribution < -0.4 is 11.1 Å². The number of rotatable bonds is 5. The molecule has 2 heterocycles. The third-order valence-corrected chi connectivity index (χ3v) is 5.78. The number of ether oxygens (including phenoxy) is 1. The van der Waals surface area contributed by atoms with Gasteiger partial charge in [-0.25, -0.2) is 14.4 Å². The van der Waals surface area contributed by atoms with E-state index in [-0.39, 0.29) is 36.0 Å². The molecule has 2 fully saturated rings. The fourth-order valence-electron chi connectivity index (χ4n) is 4.00. The van der Waals surface area contributed by atoms with Gasteiger partial charge in [-0.2, -0.15) is 0 Å². The van der Waals surface area contributed by atoms with Gasteiger partial charge in [0, 0.05) is 48.9 Å². The van der Waals surface area contributed by atoms with Crippen LogP contribution in [0.25, 0.3) is 0 Å². The van der Waals surface area contributed by atoms with E-state index in [0.717, 1.165) is 42.8 Å². The van der Waals surface area contributed by atoms with Crippen molar-refractivity contribution in [3.63, 3.8) is 0 Å². The average Bonchev–Trinajstić information content (AvgIpc) is 2.65. The highest BCUT2D eigenvalue weighted by Gasteiger charge is 2.35. The molecule has 0 radical (unpaired) electrons. The SMILES string of the molecule is Cl.Cl.NC1CC(c2cc(NCC3(c4cccc(F)c4)CCOCC3)ncn2)C1. The van der Waals surface area contributed by atoms with Crippen molar-refractivity contribution in [3.05, 3.63) is 53.7 Å². The predicted octanol–water partition coefficient (Wildman–Crippen LogP) is 3.82. The van der Waals surface area contributed by atoms with E-state index >= 15 is 0 Å². The summed E-state index contributed by atoms with van der Waals surface area (Å²) in [5.41, 5.74) is 7.82. The zero-order chi connectivity index (χ0) is 18.0. The Morgan fingerprint density at radius 2 is 1.89 bits per heavy atom. The van der Waals surface area contributed by atoms with Crippen LogP contribution in [0.4, 0.5) is 10.2 Å². The zero-order valence-electron chi connectivity index (χ0n) is 15.6. The number of nitrogens with zero attached hydrogens (tertiary/aromatic N) is 2. The number of nitrogens with two attached hydrogens (primary N) is 1. The lowest BCUT2D eigenvalue weighted by Gasteiger charge is -2.38. The van der Waals surface area contributed by atoms with Gasteiger partial charge >= 0.3 is 0 Å². The van der Waals surface area contributed by atoms with Crippen LogP contribution >= 0.6 is 24.8 Å². The third kappa shape index (κ3) is 4.92. The normalized spacial score (nSPS) is 22.9. The molecule has 2 aromatic rings. The quantitative estimate of drug-likeness (QED) is 0.756. The van der Waals surface area contributed by atoms with Gasteiger partial charge in [0.1, 0.15) is 18.0 Å². The summed E-state index contributed by atoms with van der Waals surface area (Å²) < 4.78 is 19.3. The molecule has 1 saturated carbocycles. The first-order valence-corrected chi connectivity index (χ1v) is 9.30. The van der Waals surface area contributed by atoms with Crippen molar-refractivity contribution in [1.82, 2.24) is 9.97 Å². The molecule has 3 N–H and O–H groups in total. The van der Waals surface area contributed by atoms with Crippen LogP contribution in [0.1, 0.15) is 42.9 Å². The molecule has 5 nitrogen and oxygen atoms in total. The second-order valence-electron chi connectivity index (χ2n) is 7.51. The molecule has 0 atom stereocenters. The van der Waals surface area contributed by atoms with Crippen LogP contribution in [0.15, 0.2) is 36.7 Å². The van der Waals surface area contributed by atoms with E-state index < -0.39 is 0 Å². The van der Waals surface area contributed by atoms with Crippen LogP contribution in [-0.2, 0) is 10.2 Å². The van der Waals surface area contributed by atoms with Gasteiger partial charge in [-0.15, -0.1) is 24.8 Å². The largest absolute Gasteiger partial charge is 0.381 e. The van der Waals surface area contributed by atoms with Crippen molar-refractivity contribution >= 4 is 30.6 Å². The Morgan fingerprint density at radius 1 is 1.14 bits per heavy atom. The van der Waals surface area contributed by atoms with Crippen LogP contribution in [-0.4, -0.2) is 35.8 Å². The fourth-order valence-corrected chi connectivity index (χ4v) is 4.00. The molecule has 1 aromatic heterocycles. The highest BCUT2D eigenvalue weighted by atomic mass is 35.5. The van der Waals surface area contributed by atoms with Gasteiger partial charge in [0.15, 0.2) is 0 Å². The summed E-state index contributed by atoms with van der Waals surface area (Å²) >= 11 is 0. The summed E-state index contributed by atoms with van der Waals surface area (Å²) in [5, 5.41) is 3.47. The topological polar surface area (TPSA) is 73.1 Å². The number of benzene rings is 1. The summed E-state index contributed by atoms with van der Waals surface area (Å²) in [5.74, 6) is 1.06. The van der Waals surface area contributed by atoms with Gasteiger partial charge < -0.3 is 15.8 Å². The van der Waals surface area contributed by atoms with Crippen molar-refractivity contribution in [3.8, 4) is 0 Å². The fraction of sp³-hybridized carbons (Fsp3) is 0.500. The lowest BCUT2D eigenvalue weighted by atomic mass is 9.74. The van der Waals surface area contributed by atoms with E-state index in [9.17, 15) is 4.39 Å². The molecule has 8 heteroatoms. The van der Waals surface area contributed by atoms with E-state index in [1.54, 1.807) is 18.5 Å². The van der Waals surface area contributed by atoms with Gasteiger partial charge in [-0.1, -0.05) is 12.1 Å². The number of hydrogen-bond donors (Lipinski definition) is 2.